The summed E-state index contributed by atoms with van der Waals surface area (Å²) >= 11 is 7.18. The quantitative estimate of drug-likeness (QED) is 0.191. The predicted molar refractivity (Wildman–Crippen MR) is 132 cm³/mol. The number of fused-ring (bicyclic) bond motifs is 1. The number of nitrogens with one attached hydrogen (secondary N) is 1. The molecule has 3 atom stereocenters. The van der Waals surface area contributed by atoms with Crippen LogP contribution in [-0.2, 0) is 30.5 Å². The highest BCUT2D eigenvalue weighted by atomic mass is 35.5. The fourth-order valence-electron chi connectivity index (χ4n) is 3.78. The van der Waals surface area contributed by atoms with Crippen molar-refractivity contribution < 1.29 is 33.9 Å². The number of non-ortho nitro benzene ring substituents is 1. The molecule has 0 radical (unpaired) electrons. The smallest absolute Gasteiger partial charge is 0.358 e. The first kappa shape index (κ1) is 26.3. The number of nitro groups is 1. The van der Waals surface area contributed by atoms with Gasteiger partial charge in [-0.15, -0.1) is 11.8 Å². The number of methoxy groups -OCH3 is 1. The number of esters is 1. The summed E-state index contributed by atoms with van der Waals surface area (Å²) in [4.78, 5) is 50.1. The van der Waals surface area contributed by atoms with Gasteiger partial charge in [-0.1, -0.05) is 17.7 Å². The van der Waals surface area contributed by atoms with Crippen molar-refractivity contribution in [1.82, 2.24) is 10.2 Å². The summed E-state index contributed by atoms with van der Waals surface area (Å²) in [5, 5.41) is 22.4. The SMILES string of the molecule is COC1=C(C(=O)OCc2ccc([N+](=O)[O-])cc2)N2C(=O)C(NC(=O)C(N)c3ccc(O)c(Cl)c3)[C@@H]2SC1. The standard InChI is InChI=1S/C23H21ClN4O8S/c1-35-16-10-37-22-18(26-20(30)17(25)12-4-7-15(29)14(24)8-12)21(31)27(22)19(16)23(32)36-9-11-2-5-13(6-3-11)28(33)34/h2-8,17-18,22,29H,9-10,25H2,1H3,(H,26,30)/t17?,18?,22-/m0/s1. The van der Waals surface area contributed by atoms with Crippen LogP contribution in [0.4, 0.5) is 5.69 Å². The molecule has 1 saturated heterocycles. The van der Waals surface area contributed by atoms with Crippen LogP contribution in [0.25, 0.3) is 0 Å². The number of nitrogens with zero attached hydrogens (tertiary/aromatic N) is 2. The molecule has 0 aliphatic carbocycles. The Balaban J connectivity index is 1.43. The second-order valence-corrected chi connectivity index (χ2v) is 9.57. The summed E-state index contributed by atoms with van der Waals surface area (Å²) in [6, 6.07) is 7.53. The number of rotatable bonds is 8. The molecular formula is C23H21ClN4O8S. The molecule has 4 rings (SSSR count). The van der Waals surface area contributed by atoms with Gasteiger partial charge < -0.3 is 25.6 Å². The first-order chi connectivity index (χ1) is 17.6. The fraction of sp³-hybridized carbons (Fsp3) is 0.261. The van der Waals surface area contributed by atoms with Gasteiger partial charge in [0.05, 0.1) is 22.8 Å². The molecule has 2 aliphatic heterocycles. The van der Waals surface area contributed by atoms with Gasteiger partial charge in [-0.05, 0) is 35.4 Å². The number of nitro benzene ring substituents is 1. The fourth-order valence-corrected chi connectivity index (χ4v) is 5.28. The molecule has 2 aromatic carbocycles. The normalized spacial score (nSPS) is 19.4. The number of ether oxygens (including phenoxy) is 2. The van der Waals surface area contributed by atoms with Crippen LogP contribution in [0, 0.1) is 10.1 Å². The molecule has 4 N–H and O–H groups in total. The Kier molecular flexibility index (Phi) is 7.57. The number of benzene rings is 2. The van der Waals surface area contributed by atoms with E-state index in [-0.39, 0.29) is 40.3 Å². The minimum Gasteiger partial charge on any atom is -0.506 e. The van der Waals surface area contributed by atoms with Crippen molar-refractivity contribution in [2.75, 3.05) is 12.9 Å². The average Bonchev–Trinajstić information content (AvgIpc) is 2.90. The van der Waals surface area contributed by atoms with Crippen molar-refractivity contribution in [1.29, 1.82) is 0 Å². The zero-order valence-corrected chi connectivity index (χ0v) is 20.8. The van der Waals surface area contributed by atoms with Gasteiger partial charge in [0.15, 0.2) is 5.70 Å². The number of β-lactam (4-membered cyclic amide) rings is 1. The van der Waals surface area contributed by atoms with Crippen molar-refractivity contribution in [2.24, 2.45) is 5.73 Å². The number of carbonyl (C=O) groups excluding carboxylic acids is 3. The van der Waals surface area contributed by atoms with Crippen LogP contribution in [0.1, 0.15) is 17.2 Å². The molecule has 1 fully saturated rings. The molecule has 2 unspecified atom stereocenters. The molecular weight excluding hydrogens is 528 g/mol. The lowest BCUT2D eigenvalue weighted by Crippen LogP contribution is -2.71. The number of aromatic hydroxyl groups is 1. The maximum absolute atomic E-state index is 13.0. The Morgan fingerprint density at radius 1 is 1.32 bits per heavy atom. The van der Waals surface area contributed by atoms with Crippen LogP contribution in [0.15, 0.2) is 53.9 Å². The Morgan fingerprint density at radius 2 is 2.03 bits per heavy atom. The van der Waals surface area contributed by atoms with Crippen LogP contribution >= 0.6 is 23.4 Å². The minimum absolute atomic E-state index is 0.0311. The van der Waals surface area contributed by atoms with Gasteiger partial charge in [0.25, 0.3) is 11.6 Å². The summed E-state index contributed by atoms with van der Waals surface area (Å²) in [5.41, 5.74) is 6.71. The van der Waals surface area contributed by atoms with Gasteiger partial charge in [0, 0.05) is 12.1 Å². The maximum Gasteiger partial charge on any atom is 0.358 e. The van der Waals surface area contributed by atoms with Crippen LogP contribution in [-0.4, -0.2) is 57.0 Å². The van der Waals surface area contributed by atoms with E-state index in [9.17, 15) is 29.6 Å². The van der Waals surface area contributed by atoms with Crippen LogP contribution in [0.2, 0.25) is 5.02 Å². The summed E-state index contributed by atoms with van der Waals surface area (Å²) in [5.74, 6) is -1.66. The number of hydrogen-bond acceptors (Lipinski definition) is 10. The predicted octanol–water partition coefficient (Wildman–Crippen LogP) is 1.95. The van der Waals surface area contributed by atoms with Crippen molar-refractivity contribution in [2.45, 2.75) is 24.1 Å². The summed E-state index contributed by atoms with van der Waals surface area (Å²) in [6.45, 7) is -0.179. The molecule has 194 valence electrons. The van der Waals surface area contributed by atoms with Gasteiger partial charge in [-0.25, -0.2) is 4.79 Å². The number of amides is 2. The highest BCUT2D eigenvalue weighted by molar-refractivity contribution is 8.00. The molecule has 2 aliphatic rings. The van der Waals surface area contributed by atoms with E-state index in [2.05, 4.69) is 5.32 Å². The lowest BCUT2D eigenvalue weighted by atomic mass is 10.0. The summed E-state index contributed by atoms with van der Waals surface area (Å²) in [6.07, 6.45) is 0. The molecule has 2 aromatic rings. The summed E-state index contributed by atoms with van der Waals surface area (Å²) < 4.78 is 10.6. The van der Waals surface area contributed by atoms with Gasteiger partial charge >= 0.3 is 5.97 Å². The van der Waals surface area contributed by atoms with Crippen LogP contribution in [0.5, 0.6) is 5.75 Å². The second-order valence-electron chi connectivity index (χ2n) is 8.06. The van der Waals surface area contributed by atoms with E-state index in [0.717, 1.165) is 0 Å². The molecule has 2 heterocycles. The Hall–Kier alpha value is -3.81. The number of hydrogen-bond donors (Lipinski definition) is 3. The largest absolute Gasteiger partial charge is 0.506 e. The van der Waals surface area contributed by atoms with Gasteiger partial charge in [-0.2, -0.15) is 0 Å². The van der Waals surface area contributed by atoms with E-state index in [1.54, 1.807) is 0 Å². The first-order valence-corrected chi connectivity index (χ1v) is 12.2. The third-order valence-corrected chi connectivity index (χ3v) is 7.36. The monoisotopic (exact) mass is 548 g/mol. The molecule has 12 nitrogen and oxygen atoms in total. The van der Waals surface area contributed by atoms with E-state index in [1.807, 2.05) is 0 Å². The lowest BCUT2D eigenvalue weighted by Gasteiger charge is -2.49. The zero-order valence-electron chi connectivity index (χ0n) is 19.3. The lowest BCUT2D eigenvalue weighted by molar-refractivity contribution is -0.384. The second kappa shape index (κ2) is 10.7. The van der Waals surface area contributed by atoms with Crippen LogP contribution < -0.4 is 11.1 Å². The maximum atomic E-state index is 13.0. The number of halogens is 1. The molecule has 2 amide bonds. The Labute approximate surface area is 219 Å². The van der Waals surface area contributed by atoms with E-state index >= 15 is 0 Å². The Bertz CT molecular complexity index is 1300. The highest BCUT2D eigenvalue weighted by Gasteiger charge is 2.55. The highest BCUT2D eigenvalue weighted by Crippen LogP contribution is 2.41. The van der Waals surface area contributed by atoms with Gasteiger partial charge in [0.2, 0.25) is 5.91 Å². The number of carbonyl (C=O) groups is 3. The summed E-state index contributed by atoms with van der Waals surface area (Å²) in [7, 11) is 1.37. The van der Waals surface area contributed by atoms with E-state index < -0.39 is 40.2 Å². The van der Waals surface area contributed by atoms with Crippen LogP contribution in [0.3, 0.4) is 0 Å². The molecule has 0 bridgehead atoms. The van der Waals surface area contributed by atoms with E-state index in [0.29, 0.717) is 11.1 Å². The number of thioether (sulfide) groups is 1. The number of phenols is 1. The van der Waals surface area contributed by atoms with Crippen molar-refractivity contribution >= 4 is 46.8 Å². The van der Waals surface area contributed by atoms with Crippen molar-refractivity contribution in [3.8, 4) is 5.75 Å². The Morgan fingerprint density at radius 3 is 2.65 bits per heavy atom. The van der Waals surface area contributed by atoms with Gasteiger partial charge in [-0.3, -0.25) is 24.6 Å². The number of nitrogens with two attached hydrogens (primary N) is 1. The minimum atomic E-state index is -1.15. The molecule has 0 spiro atoms. The average molecular weight is 549 g/mol. The molecule has 14 heteroatoms. The third kappa shape index (κ3) is 5.19. The van der Waals surface area contributed by atoms with Crippen molar-refractivity contribution in [3.05, 3.63) is 80.2 Å². The topological polar surface area (TPSA) is 174 Å². The van der Waals surface area contributed by atoms with Gasteiger partial charge in [0.1, 0.15) is 35.6 Å². The van der Waals surface area contributed by atoms with Crippen molar-refractivity contribution in [3.63, 3.8) is 0 Å². The zero-order chi connectivity index (χ0) is 26.9. The molecule has 0 aromatic heterocycles. The van der Waals surface area contributed by atoms with E-state index in [1.165, 1.54) is 66.2 Å². The van der Waals surface area contributed by atoms with E-state index in [4.69, 9.17) is 26.8 Å². The third-order valence-electron chi connectivity index (χ3n) is 5.80. The number of phenolic OH excluding ortho intramolecular Hbond substituents is 1. The first-order valence-electron chi connectivity index (χ1n) is 10.8. The molecule has 0 saturated carbocycles. The molecule has 37 heavy (non-hydrogen) atoms.